The summed E-state index contributed by atoms with van der Waals surface area (Å²) in [6, 6.07) is 1.06. The Morgan fingerprint density at radius 1 is 1.19 bits per heavy atom. The normalized spacial score (nSPS) is 21.1. The second-order valence-corrected chi connectivity index (χ2v) is 8.98. The molecule has 4 heterocycles. The number of nitrogens with zero attached hydrogens (tertiary/aromatic N) is 5. The number of rotatable bonds is 4. The van der Waals surface area contributed by atoms with Gasteiger partial charge in [0.1, 0.15) is 18.0 Å². The lowest BCUT2D eigenvalue weighted by molar-refractivity contribution is -0.137. The number of carbonyl (C=O) groups excluding carboxylic acids is 2. The van der Waals surface area contributed by atoms with Crippen molar-refractivity contribution in [2.24, 2.45) is 0 Å². The van der Waals surface area contributed by atoms with Gasteiger partial charge in [0.25, 0.3) is 11.8 Å². The fourth-order valence-electron chi connectivity index (χ4n) is 4.31. The van der Waals surface area contributed by atoms with Crippen molar-refractivity contribution in [1.82, 2.24) is 29.8 Å². The van der Waals surface area contributed by atoms with E-state index in [0.29, 0.717) is 0 Å². The third kappa shape index (κ3) is 3.99. The summed E-state index contributed by atoms with van der Waals surface area (Å²) in [6.07, 6.45) is -3.90. The zero-order chi connectivity index (χ0) is 26.0. The highest BCUT2D eigenvalue weighted by Crippen LogP contribution is 2.42. The van der Waals surface area contributed by atoms with Gasteiger partial charge in [0.05, 0.1) is 35.1 Å². The van der Waals surface area contributed by atoms with Crippen molar-refractivity contribution >= 4 is 23.1 Å². The summed E-state index contributed by atoms with van der Waals surface area (Å²) in [7, 11) is 0. The van der Waals surface area contributed by atoms with Crippen LogP contribution in [0.25, 0.3) is 16.8 Å². The zero-order valence-corrected chi connectivity index (χ0v) is 18.8. The molecule has 0 bridgehead atoms. The van der Waals surface area contributed by atoms with Crippen LogP contribution in [0.15, 0.2) is 24.7 Å². The fourth-order valence-corrected chi connectivity index (χ4v) is 4.31. The lowest BCUT2D eigenvalue weighted by atomic mass is 10.1. The van der Waals surface area contributed by atoms with Gasteiger partial charge in [0.15, 0.2) is 11.5 Å². The maximum absolute atomic E-state index is 14.6. The van der Waals surface area contributed by atoms with Crippen LogP contribution >= 0.6 is 0 Å². The van der Waals surface area contributed by atoms with E-state index in [1.54, 1.807) is 0 Å². The van der Waals surface area contributed by atoms with E-state index < -0.39 is 47.0 Å². The van der Waals surface area contributed by atoms with Gasteiger partial charge in [-0.1, -0.05) is 0 Å². The molecule has 1 saturated heterocycles. The molecule has 36 heavy (non-hydrogen) atoms. The minimum Gasteiger partial charge on any atom is -0.382 e. The van der Waals surface area contributed by atoms with E-state index in [9.17, 15) is 31.5 Å². The van der Waals surface area contributed by atoms with E-state index in [-0.39, 0.29) is 54.3 Å². The van der Waals surface area contributed by atoms with Gasteiger partial charge in [0, 0.05) is 18.3 Å². The number of fused-ring (bicyclic) bond motifs is 1. The molecule has 14 heteroatoms. The molecule has 9 nitrogen and oxygen atoms in total. The van der Waals surface area contributed by atoms with Crippen LogP contribution in [0.3, 0.4) is 0 Å². The number of nitrogen functional groups attached to an aromatic ring is 1. The number of anilines is 1. The number of hydrogen-bond donors (Lipinski definition) is 2. The van der Waals surface area contributed by atoms with Crippen molar-refractivity contribution in [3.05, 3.63) is 41.5 Å². The van der Waals surface area contributed by atoms with E-state index in [2.05, 4.69) is 20.4 Å². The van der Waals surface area contributed by atoms with Crippen molar-refractivity contribution in [3.8, 4) is 11.3 Å². The molecular formula is C22H20F5N7O2. The molecule has 2 fully saturated rings. The number of nitrogens with two attached hydrogens (primary N) is 1. The quantitative estimate of drug-likeness (QED) is 0.522. The molecule has 0 spiro atoms. The van der Waals surface area contributed by atoms with E-state index in [1.807, 2.05) is 0 Å². The summed E-state index contributed by atoms with van der Waals surface area (Å²) in [5.74, 6) is -1.91. The molecule has 1 aliphatic carbocycles. The summed E-state index contributed by atoms with van der Waals surface area (Å²) >= 11 is 0. The predicted molar refractivity (Wildman–Crippen MR) is 116 cm³/mol. The number of alkyl halides is 5. The van der Waals surface area contributed by atoms with Gasteiger partial charge in [-0.15, -0.1) is 0 Å². The second kappa shape index (κ2) is 8.10. The number of aryl methyl sites for hydroxylation is 1. The lowest BCUT2D eigenvalue weighted by Gasteiger charge is -2.18. The Balaban J connectivity index is 1.44. The number of pyridine rings is 1. The highest BCUT2D eigenvalue weighted by molar-refractivity contribution is 5.97. The molecule has 1 saturated carbocycles. The van der Waals surface area contributed by atoms with Crippen LogP contribution in [0, 0.1) is 6.92 Å². The number of nitrogens with one attached hydrogen (secondary N) is 1. The molecular weight excluding hydrogens is 489 g/mol. The van der Waals surface area contributed by atoms with Crippen LogP contribution in [0.5, 0.6) is 0 Å². The average molecular weight is 509 g/mol. The maximum atomic E-state index is 14.6. The first-order valence-corrected chi connectivity index (χ1v) is 11.0. The molecule has 0 unspecified atom stereocenters. The van der Waals surface area contributed by atoms with Crippen LogP contribution < -0.4 is 11.1 Å². The Hall–Kier alpha value is -3.84. The first-order chi connectivity index (χ1) is 16.9. The Bertz CT molecular complexity index is 1390. The monoisotopic (exact) mass is 509 g/mol. The lowest BCUT2D eigenvalue weighted by Crippen LogP contribution is -2.43. The van der Waals surface area contributed by atoms with Crippen LogP contribution in [0.4, 0.5) is 27.8 Å². The summed E-state index contributed by atoms with van der Waals surface area (Å²) in [4.78, 5) is 34.0. The Morgan fingerprint density at radius 2 is 1.92 bits per heavy atom. The summed E-state index contributed by atoms with van der Waals surface area (Å²) < 4.78 is 70.5. The van der Waals surface area contributed by atoms with Crippen molar-refractivity contribution in [2.45, 2.75) is 43.8 Å². The molecule has 1 aliphatic heterocycles. The highest BCUT2D eigenvalue weighted by Gasteiger charge is 2.54. The van der Waals surface area contributed by atoms with Gasteiger partial charge in [0.2, 0.25) is 0 Å². The van der Waals surface area contributed by atoms with Crippen molar-refractivity contribution < 1.29 is 31.5 Å². The molecule has 3 N–H and O–H groups in total. The molecule has 2 aliphatic rings. The molecule has 2 amide bonds. The van der Waals surface area contributed by atoms with E-state index >= 15 is 0 Å². The third-order valence-corrected chi connectivity index (χ3v) is 6.44. The van der Waals surface area contributed by atoms with Crippen molar-refractivity contribution in [3.63, 3.8) is 0 Å². The van der Waals surface area contributed by atoms with E-state index in [1.165, 1.54) is 19.2 Å². The molecule has 5 rings (SSSR count). The first kappa shape index (κ1) is 23.9. The van der Waals surface area contributed by atoms with Crippen molar-refractivity contribution in [1.29, 1.82) is 0 Å². The standard InChI is InChI=1S/C22H20F5N7O2/c1-10-12(19(35)32-15-8-33(7-14(15)23)20(36)21(24)2-3-21)4-11(6-29-10)16-5-13(22(25,26)27)17-18(28)30-9-31-34(16)17/h4-6,9,14-15H,2-3,7-8H2,1H3,(H,32,35)(H2,28,30,31)/t14-,15+/m0/s1. The van der Waals surface area contributed by atoms with Gasteiger partial charge in [-0.05, 0) is 31.9 Å². The minimum atomic E-state index is -4.75. The highest BCUT2D eigenvalue weighted by atomic mass is 19.4. The van der Waals surface area contributed by atoms with Crippen molar-refractivity contribution in [2.75, 3.05) is 18.8 Å². The summed E-state index contributed by atoms with van der Waals surface area (Å²) in [5, 5.41) is 6.37. The molecule has 0 aromatic carbocycles. The largest absolute Gasteiger partial charge is 0.418 e. The average Bonchev–Trinajstić information content (AvgIpc) is 3.27. The Labute approximate surface area is 200 Å². The maximum Gasteiger partial charge on any atom is 0.418 e. The molecule has 0 radical (unpaired) electrons. The van der Waals surface area contributed by atoms with Gasteiger partial charge in [-0.2, -0.15) is 18.3 Å². The fraction of sp³-hybridized carbons (Fsp3) is 0.409. The number of amides is 2. The van der Waals surface area contributed by atoms with Crippen LogP contribution in [-0.2, 0) is 11.0 Å². The second-order valence-electron chi connectivity index (χ2n) is 8.98. The molecule has 3 aromatic rings. The van der Waals surface area contributed by atoms with Crippen LogP contribution in [-0.4, -0.2) is 67.3 Å². The van der Waals surface area contributed by atoms with Gasteiger partial charge >= 0.3 is 6.18 Å². The first-order valence-electron chi connectivity index (χ1n) is 11.0. The number of carbonyl (C=O) groups is 2. The SMILES string of the molecule is Cc1ncc(-c2cc(C(F)(F)F)c3c(N)ncnn23)cc1C(=O)N[C@@H]1CN(C(=O)C2(F)CC2)C[C@@H]1F. The van der Waals surface area contributed by atoms with Crippen LogP contribution in [0.2, 0.25) is 0 Å². The number of likely N-dealkylation sites (tertiary alicyclic amines) is 1. The molecule has 3 aromatic heterocycles. The number of hydrogen-bond acceptors (Lipinski definition) is 6. The minimum absolute atomic E-state index is 0.0147. The smallest absolute Gasteiger partial charge is 0.382 e. The summed E-state index contributed by atoms with van der Waals surface area (Å²) in [6.45, 7) is 0.968. The third-order valence-electron chi connectivity index (χ3n) is 6.44. The van der Waals surface area contributed by atoms with Gasteiger partial charge in [-0.3, -0.25) is 14.6 Å². The topological polar surface area (TPSA) is 119 Å². The van der Waals surface area contributed by atoms with Gasteiger partial charge < -0.3 is 16.0 Å². The summed E-state index contributed by atoms with van der Waals surface area (Å²) in [5.41, 5.74) is 2.55. The Kier molecular flexibility index (Phi) is 5.37. The van der Waals surface area contributed by atoms with Gasteiger partial charge in [-0.25, -0.2) is 18.3 Å². The molecule has 2 atom stereocenters. The van der Waals surface area contributed by atoms with Crippen LogP contribution in [0.1, 0.15) is 34.5 Å². The zero-order valence-electron chi connectivity index (χ0n) is 18.8. The van der Waals surface area contributed by atoms with E-state index in [0.717, 1.165) is 21.8 Å². The number of aromatic nitrogens is 4. The predicted octanol–water partition coefficient (Wildman–Crippen LogP) is 2.48. The Morgan fingerprint density at radius 3 is 2.58 bits per heavy atom. The number of halogens is 5. The molecule has 190 valence electrons. The van der Waals surface area contributed by atoms with E-state index in [4.69, 9.17) is 5.73 Å².